The van der Waals surface area contributed by atoms with Crippen LogP contribution < -0.4 is 5.32 Å². The fourth-order valence-corrected chi connectivity index (χ4v) is 2.71. The van der Waals surface area contributed by atoms with E-state index in [0.717, 1.165) is 35.2 Å². The summed E-state index contributed by atoms with van der Waals surface area (Å²) in [5, 5.41) is 6.17. The zero-order valence-electron chi connectivity index (χ0n) is 11.6. The van der Waals surface area contributed by atoms with Gasteiger partial charge in [-0.3, -0.25) is 4.79 Å². The molecular formula is C14H14F2N2O2S. The maximum Gasteiger partial charge on any atom is 0.234 e. The summed E-state index contributed by atoms with van der Waals surface area (Å²) in [5.41, 5.74) is 1.58. The Kier molecular flexibility index (Phi) is 4.95. The maximum atomic E-state index is 13.4. The Hall–Kier alpha value is -1.89. The SMILES string of the molecule is Cc1noc(C)c1CSCC(=O)Nc1cc(F)ccc1F. The Morgan fingerprint density at radius 2 is 2.14 bits per heavy atom. The maximum absolute atomic E-state index is 13.4. The first-order chi connectivity index (χ1) is 9.97. The number of benzene rings is 1. The predicted molar refractivity (Wildman–Crippen MR) is 77.1 cm³/mol. The van der Waals surface area contributed by atoms with Crippen LogP contribution in [-0.2, 0) is 10.5 Å². The molecule has 0 saturated carbocycles. The molecule has 112 valence electrons. The third-order valence-corrected chi connectivity index (χ3v) is 3.82. The number of anilines is 1. The van der Waals surface area contributed by atoms with Crippen molar-refractivity contribution >= 4 is 23.4 Å². The number of amides is 1. The quantitative estimate of drug-likeness (QED) is 0.919. The highest BCUT2D eigenvalue weighted by molar-refractivity contribution is 7.99. The number of carbonyl (C=O) groups is 1. The molecule has 7 heteroatoms. The first-order valence-electron chi connectivity index (χ1n) is 6.21. The molecule has 4 nitrogen and oxygen atoms in total. The summed E-state index contributed by atoms with van der Waals surface area (Å²) in [5.74, 6) is -0.247. The van der Waals surface area contributed by atoms with E-state index < -0.39 is 17.5 Å². The van der Waals surface area contributed by atoms with Crippen molar-refractivity contribution in [3.8, 4) is 0 Å². The molecule has 1 aromatic carbocycles. The normalized spacial score (nSPS) is 10.7. The van der Waals surface area contributed by atoms with E-state index in [0.29, 0.717) is 5.75 Å². The molecule has 2 rings (SSSR count). The molecule has 1 aromatic heterocycles. The van der Waals surface area contributed by atoms with Gasteiger partial charge in [0.05, 0.1) is 17.1 Å². The minimum absolute atomic E-state index is 0.125. The third kappa shape index (κ3) is 4.04. The van der Waals surface area contributed by atoms with E-state index in [1.165, 1.54) is 11.8 Å². The highest BCUT2D eigenvalue weighted by Crippen LogP contribution is 2.20. The fraction of sp³-hybridized carbons (Fsp3) is 0.286. The average molecular weight is 312 g/mol. The van der Waals surface area contributed by atoms with Crippen LogP contribution >= 0.6 is 11.8 Å². The minimum Gasteiger partial charge on any atom is -0.361 e. The molecule has 0 radical (unpaired) electrons. The molecule has 0 unspecified atom stereocenters. The molecule has 0 atom stereocenters. The van der Waals surface area contributed by atoms with Crippen LogP contribution in [0.15, 0.2) is 22.7 Å². The predicted octanol–water partition coefficient (Wildman–Crippen LogP) is 3.44. The van der Waals surface area contributed by atoms with Gasteiger partial charge in [0.15, 0.2) is 0 Å². The molecule has 0 bridgehead atoms. The van der Waals surface area contributed by atoms with Gasteiger partial charge in [-0.1, -0.05) is 5.16 Å². The smallest absolute Gasteiger partial charge is 0.234 e. The first-order valence-corrected chi connectivity index (χ1v) is 7.37. The van der Waals surface area contributed by atoms with Crippen LogP contribution in [0.25, 0.3) is 0 Å². The van der Waals surface area contributed by atoms with Crippen molar-refractivity contribution in [1.29, 1.82) is 0 Å². The lowest BCUT2D eigenvalue weighted by Crippen LogP contribution is -2.15. The number of aromatic nitrogens is 1. The van der Waals surface area contributed by atoms with E-state index in [1.807, 2.05) is 6.92 Å². The number of hydrogen-bond donors (Lipinski definition) is 1. The van der Waals surface area contributed by atoms with Gasteiger partial charge >= 0.3 is 0 Å². The first kappa shape index (κ1) is 15.5. The number of hydrogen-bond acceptors (Lipinski definition) is 4. The van der Waals surface area contributed by atoms with Gasteiger partial charge in [0.2, 0.25) is 5.91 Å². The molecule has 0 spiro atoms. The molecular weight excluding hydrogens is 298 g/mol. The van der Waals surface area contributed by atoms with E-state index in [9.17, 15) is 13.6 Å². The van der Waals surface area contributed by atoms with E-state index in [4.69, 9.17) is 4.52 Å². The molecule has 2 aromatic rings. The van der Waals surface area contributed by atoms with Gasteiger partial charge in [-0.2, -0.15) is 0 Å². The van der Waals surface area contributed by atoms with E-state index in [1.54, 1.807) is 6.92 Å². The molecule has 0 fully saturated rings. The number of aryl methyl sites for hydroxylation is 2. The van der Waals surface area contributed by atoms with Crippen LogP contribution in [0.1, 0.15) is 17.0 Å². The standard InChI is InChI=1S/C14H14F2N2O2S/c1-8-11(9(2)20-18-8)6-21-7-14(19)17-13-5-10(15)3-4-12(13)16/h3-5H,6-7H2,1-2H3,(H,17,19). The lowest BCUT2D eigenvalue weighted by atomic mass is 10.2. The summed E-state index contributed by atoms with van der Waals surface area (Å²) < 4.78 is 31.4. The van der Waals surface area contributed by atoms with Crippen LogP contribution in [0.5, 0.6) is 0 Å². The lowest BCUT2D eigenvalue weighted by molar-refractivity contribution is -0.113. The van der Waals surface area contributed by atoms with Crippen molar-refractivity contribution in [1.82, 2.24) is 5.16 Å². The summed E-state index contributed by atoms with van der Waals surface area (Å²) in [6, 6.07) is 2.92. The summed E-state index contributed by atoms with van der Waals surface area (Å²) in [6.45, 7) is 3.63. The van der Waals surface area contributed by atoms with Gasteiger partial charge in [-0.05, 0) is 26.0 Å². The van der Waals surface area contributed by atoms with Crippen molar-refractivity contribution in [2.75, 3.05) is 11.1 Å². The number of carbonyl (C=O) groups excluding carboxylic acids is 1. The van der Waals surface area contributed by atoms with Gasteiger partial charge in [0.25, 0.3) is 0 Å². The second-order valence-electron chi connectivity index (χ2n) is 4.47. The lowest BCUT2D eigenvalue weighted by Gasteiger charge is -2.06. The second kappa shape index (κ2) is 6.71. The Labute approximate surface area is 124 Å². The van der Waals surface area contributed by atoms with Crippen molar-refractivity contribution < 1.29 is 18.1 Å². The van der Waals surface area contributed by atoms with E-state index in [2.05, 4.69) is 10.5 Å². The van der Waals surface area contributed by atoms with Crippen molar-refractivity contribution in [2.45, 2.75) is 19.6 Å². The van der Waals surface area contributed by atoms with Gasteiger partial charge in [0, 0.05) is 17.4 Å². The monoisotopic (exact) mass is 312 g/mol. The number of halogens is 2. The topological polar surface area (TPSA) is 55.1 Å². The Morgan fingerprint density at radius 3 is 2.81 bits per heavy atom. The molecule has 0 saturated heterocycles. The molecule has 1 amide bonds. The molecule has 0 aliphatic heterocycles. The van der Waals surface area contributed by atoms with Gasteiger partial charge in [-0.15, -0.1) is 11.8 Å². The molecule has 1 heterocycles. The van der Waals surface area contributed by atoms with Crippen LogP contribution in [-0.4, -0.2) is 16.8 Å². The molecule has 0 aliphatic rings. The number of rotatable bonds is 5. The van der Waals surface area contributed by atoms with Crippen LogP contribution in [0.3, 0.4) is 0 Å². The molecule has 1 N–H and O–H groups in total. The zero-order chi connectivity index (χ0) is 15.4. The number of nitrogens with one attached hydrogen (secondary N) is 1. The average Bonchev–Trinajstić information content (AvgIpc) is 2.74. The van der Waals surface area contributed by atoms with Gasteiger partial charge in [0.1, 0.15) is 17.4 Å². The molecule has 21 heavy (non-hydrogen) atoms. The van der Waals surface area contributed by atoms with Crippen LogP contribution in [0.2, 0.25) is 0 Å². The zero-order valence-corrected chi connectivity index (χ0v) is 12.4. The largest absolute Gasteiger partial charge is 0.361 e. The van der Waals surface area contributed by atoms with Gasteiger partial charge in [-0.25, -0.2) is 8.78 Å². The number of thioether (sulfide) groups is 1. The Balaban J connectivity index is 1.87. The summed E-state index contributed by atoms with van der Waals surface area (Å²) >= 11 is 1.35. The number of nitrogens with zero attached hydrogens (tertiary/aromatic N) is 1. The third-order valence-electron chi connectivity index (χ3n) is 2.86. The van der Waals surface area contributed by atoms with Crippen molar-refractivity contribution in [2.24, 2.45) is 0 Å². The Bertz CT molecular complexity index is 639. The summed E-state index contributed by atoms with van der Waals surface area (Å²) in [4.78, 5) is 11.7. The van der Waals surface area contributed by atoms with Crippen LogP contribution in [0, 0.1) is 25.5 Å². The summed E-state index contributed by atoms with van der Waals surface area (Å²) in [7, 11) is 0. The highest BCUT2D eigenvalue weighted by Gasteiger charge is 2.11. The Morgan fingerprint density at radius 1 is 1.38 bits per heavy atom. The fourth-order valence-electron chi connectivity index (χ4n) is 1.73. The minimum atomic E-state index is -0.666. The van der Waals surface area contributed by atoms with E-state index in [-0.39, 0.29) is 11.4 Å². The highest BCUT2D eigenvalue weighted by atomic mass is 32.2. The summed E-state index contributed by atoms with van der Waals surface area (Å²) in [6.07, 6.45) is 0. The molecule has 0 aliphatic carbocycles. The van der Waals surface area contributed by atoms with E-state index >= 15 is 0 Å². The van der Waals surface area contributed by atoms with Crippen molar-refractivity contribution in [3.05, 3.63) is 46.9 Å². The second-order valence-corrected chi connectivity index (χ2v) is 5.45. The van der Waals surface area contributed by atoms with Gasteiger partial charge < -0.3 is 9.84 Å². The van der Waals surface area contributed by atoms with Crippen molar-refractivity contribution in [3.63, 3.8) is 0 Å². The van der Waals surface area contributed by atoms with Crippen LogP contribution in [0.4, 0.5) is 14.5 Å².